The SMILES string of the molecule is CC1=C(C(=O)Nc2ccccc2)[C@H](c2ccccc2)n2c(s/c(=C/c3c(C)nn(-c4ccccc4)c3Cl)c2=O)=N1. The molecule has 1 atom stereocenters. The van der Waals surface area contributed by atoms with E-state index in [2.05, 4.69) is 10.4 Å². The topological polar surface area (TPSA) is 81.3 Å². The first-order valence-corrected chi connectivity index (χ1v) is 13.9. The van der Waals surface area contributed by atoms with Gasteiger partial charge in [-0.15, -0.1) is 0 Å². The average Bonchev–Trinajstić information content (AvgIpc) is 3.43. The van der Waals surface area contributed by atoms with E-state index >= 15 is 0 Å². The van der Waals surface area contributed by atoms with Crippen LogP contribution in [0.2, 0.25) is 5.15 Å². The molecule has 1 amide bonds. The van der Waals surface area contributed by atoms with Crippen LogP contribution in [-0.4, -0.2) is 20.3 Å². The number of thiazole rings is 1. The van der Waals surface area contributed by atoms with E-state index in [-0.39, 0.29) is 11.5 Å². The van der Waals surface area contributed by atoms with Gasteiger partial charge in [-0.25, -0.2) is 9.67 Å². The van der Waals surface area contributed by atoms with Crippen molar-refractivity contribution in [1.82, 2.24) is 14.3 Å². The van der Waals surface area contributed by atoms with Gasteiger partial charge in [0.05, 0.1) is 33.2 Å². The highest BCUT2D eigenvalue weighted by Crippen LogP contribution is 2.31. The molecule has 0 fully saturated rings. The number of amides is 1. The predicted octanol–water partition coefficient (Wildman–Crippen LogP) is 5.02. The molecule has 3 heterocycles. The number of benzene rings is 3. The molecule has 9 heteroatoms. The fourth-order valence-corrected chi connectivity index (χ4v) is 6.18. The maximum atomic E-state index is 14.0. The molecule has 1 aliphatic rings. The third-order valence-electron chi connectivity index (χ3n) is 6.74. The number of hydrogen-bond acceptors (Lipinski definition) is 5. The maximum Gasteiger partial charge on any atom is 0.271 e. The van der Waals surface area contributed by atoms with Gasteiger partial charge in [0.15, 0.2) is 4.80 Å². The number of allylic oxidation sites excluding steroid dienone is 1. The van der Waals surface area contributed by atoms with Crippen LogP contribution in [0.25, 0.3) is 11.8 Å². The average molecular weight is 566 g/mol. The molecule has 0 saturated carbocycles. The third-order valence-corrected chi connectivity index (χ3v) is 8.08. The van der Waals surface area contributed by atoms with Gasteiger partial charge in [-0.1, -0.05) is 89.7 Å². The van der Waals surface area contributed by atoms with Crippen LogP contribution < -0.4 is 20.2 Å². The Labute approximate surface area is 239 Å². The second-order valence-electron chi connectivity index (χ2n) is 9.35. The van der Waals surface area contributed by atoms with E-state index in [4.69, 9.17) is 16.6 Å². The molecular weight excluding hydrogens is 542 g/mol. The lowest BCUT2D eigenvalue weighted by Gasteiger charge is -2.25. The van der Waals surface area contributed by atoms with Crippen molar-refractivity contribution < 1.29 is 4.79 Å². The molecule has 0 aliphatic carbocycles. The quantitative estimate of drug-likeness (QED) is 0.325. The molecule has 0 unspecified atom stereocenters. The number of aromatic nitrogens is 3. The van der Waals surface area contributed by atoms with E-state index < -0.39 is 6.04 Å². The zero-order chi connectivity index (χ0) is 27.8. The number of anilines is 1. The van der Waals surface area contributed by atoms with E-state index in [1.807, 2.05) is 97.9 Å². The van der Waals surface area contributed by atoms with Crippen LogP contribution in [0.1, 0.15) is 29.8 Å². The standard InChI is InChI=1S/C31H24ClN5O2S/c1-19-24(28(32)37(35-19)23-16-10-5-11-17-23)18-25-30(39)36-27(21-12-6-3-7-13-21)26(20(2)33-31(36)40-25)29(38)34-22-14-8-4-9-15-22/h3-18,27H,1-2H3,(H,34,38)/b25-18+/t27-/m0/s1. The van der Waals surface area contributed by atoms with Crippen molar-refractivity contribution in [1.29, 1.82) is 0 Å². The summed E-state index contributed by atoms with van der Waals surface area (Å²) in [6, 6.07) is 27.7. The number of nitrogens with zero attached hydrogens (tertiary/aromatic N) is 4. The zero-order valence-electron chi connectivity index (χ0n) is 21.7. The van der Waals surface area contributed by atoms with Gasteiger partial charge in [0.25, 0.3) is 11.5 Å². The molecule has 5 aromatic rings. The number of aryl methyl sites for hydroxylation is 1. The molecule has 0 bridgehead atoms. The van der Waals surface area contributed by atoms with E-state index in [1.54, 1.807) is 22.2 Å². The lowest BCUT2D eigenvalue weighted by molar-refractivity contribution is -0.113. The number of hydrogen-bond donors (Lipinski definition) is 1. The van der Waals surface area contributed by atoms with Crippen LogP contribution in [-0.2, 0) is 4.79 Å². The first-order valence-electron chi connectivity index (χ1n) is 12.7. The summed E-state index contributed by atoms with van der Waals surface area (Å²) in [6.45, 7) is 3.66. The summed E-state index contributed by atoms with van der Waals surface area (Å²) in [5.74, 6) is -0.307. The second kappa shape index (κ2) is 10.6. The monoisotopic (exact) mass is 565 g/mol. The summed E-state index contributed by atoms with van der Waals surface area (Å²) < 4.78 is 3.71. The number of nitrogens with one attached hydrogen (secondary N) is 1. The zero-order valence-corrected chi connectivity index (χ0v) is 23.3. The van der Waals surface area contributed by atoms with Gasteiger partial charge in [-0.2, -0.15) is 5.10 Å². The highest BCUT2D eigenvalue weighted by Gasteiger charge is 2.32. The fraction of sp³-hybridized carbons (Fsp3) is 0.0968. The first kappa shape index (κ1) is 25.7. The number of halogens is 1. The fourth-order valence-electron chi connectivity index (χ4n) is 4.83. The molecule has 0 spiro atoms. The lowest BCUT2D eigenvalue weighted by atomic mass is 9.95. The summed E-state index contributed by atoms with van der Waals surface area (Å²) in [4.78, 5) is 32.9. The Kier molecular flexibility index (Phi) is 6.79. The van der Waals surface area contributed by atoms with Gasteiger partial charge in [0.2, 0.25) is 0 Å². The summed E-state index contributed by atoms with van der Waals surface area (Å²) in [6.07, 6.45) is 1.76. The van der Waals surface area contributed by atoms with Crippen molar-refractivity contribution in [2.24, 2.45) is 4.99 Å². The molecule has 0 saturated heterocycles. The van der Waals surface area contributed by atoms with Crippen molar-refractivity contribution in [3.8, 4) is 5.69 Å². The smallest absolute Gasteiger partial charge is 0.271 e. The molecule has 2 aromatic heterocycles. The Morgan fingerprint density at radius 2 is 1.57 bits per heavy atom. The van der Waals surface area contributed by atoms with E-state index in [9.17, 15) is 9.59 Å². The molecule has 40 heavy (non-hydrogen) atoms. The Morgan fingerprint density at radius 3 is 2.25 bits per heavy atom. The van der Waals surface area contributed by atoms with Crippen molar-refractivity contribution in [2.75, 3.05) is 5.32 Å². The number of para-hydroxylation sites is 2. The number of fused-ring (bicyclic) bond motifs is 1. The van der Waals surface area contributed by atoms with E-state index in [0.717, 1.165) is 11.3 Å². The second-order valence-corrected chi connectivity index (χ2v) is 10.7. The minimum absolute atomic E-state index is 0.252. The van der Waals surface area contributed by atoms with Gasteiger partial charge in [0, 0.05) is 11.3 Å². The molecule has 1 N–H and O–H groups in total. The summed E-state index contributed by atoms with van der Waals surface area (Å²) in [7, 11) is 0. The number of rotatable bonds is 5. The van der Waals surface area contributed by atoms with Crippen LogP contribution in [0.4, 0.5) is 5.69 Å². The van der Waals surface area contributed by atoms with Gasteiger partial charge in [-0.05, 0) is 49.8 Å². The minimum atomic E-state index is -0.646. The van der Waals surface area contributed by atoms with Crippen molar-refractivity contribution in [3.63, 3.8) is 0 Å². The minimum Gasteiger partial charge on any atom is -0.322 e. The first-order chi connectivity index (χ1) is 19.4. The van der Waals surface area contributed by atoms with Crippen LogP contribution >= 0.6 is 22.9 Å². The third kappa shape index (κ3) is 4.61. The number of carbonyl (C=O) groups excluding carboxylic acids is 1. The van der Waals surface area contributed by atoms with E-state index in [0.29, 0.717) is 42.7 Å². The Hall–Kier alpha value is -4.53. The highest BCUT2D eigenvalue weighted by atomic mass is 35.5. The van der Waals surface area contributed by atoms with Crippen molar-refractivity contribution >= 4 is 40.6 Å². The largest absolute Gasteiger partial charge is 0.322 e. The van der Waals surface area contributed by atoms with Crippen LogP contribution in [0.5, 0.6) is 0 Å². The summed E-state index contributed by atoms with van der Waals surface area (Å²) in [5.41, 5.74) is 4.37. The van der Waals surface area contributed by atoms with Crippen molar-refractivity contribution in [2.45, 2.75) is 19.9 Å². The maximum absolute atomic E-state index is 14.0. The molecule has 198 valence electrons. The van der Waals surface area contributed by atoms with Gasteiger partial charge < -0.3 is 5.32 Å². The molecular formula is C31H24ClN5O2S. The molecule has 3 aromatic carbocycles. The Balaban J connectivity index is 1.49. The van der Waals surface area contributed by atoms with Gasteiger partial charge in [0.1, 0.15) is 5.15 Å². The van der Waals surface area contributed by atoms with Crippen LogP contribution in [0.3, 0.4) is 0 Å². The Bertz CT molecular complexity index is 1940. The van der Waals surface area contributed by atoms with Gasteiger partial charge in [-0.3, -0.25) is 14.2 Å². The van der Waals surface area contributed by atoms with E-state index in [1.165, 1.54) is 11.3 Å². The Morgan fingerprint density at radius 1 is 0.950 bits per heavy atom. The summed E-state index contributed by atoms with van der Waals surface area (Å²) >= 11 is 8.03. The highest BCUT2D eigenvalue weighted by molar-refractivity contribution is 7.07. The van der Waals surface area contributed by atoms with Crippen molar-refractivity contribution in [3.05, 3.63) is 144 Å². The van der Waals surface area contributed by atoms with Crippen LogP contribution in [0.15, 0.2) is 112 Å². The molecule has 6 rings (SSSR count). The van der Waals surface area contributed by atoms with Gasteiger partial charge >= 0.3 is 0 Å². The lowest BCUT2D eigenvalue weighted by Crippen LogP contribution is -2.40. The molecule has 0 radical (unpaired) electrons. The predicted molar refractivity (Wildman–Crippen MR) is 159 cm³/mol. The number of carbonyl (C=O) groups is 1. The normalized spacial score (nSPS) is 15.1. The van der Waals surface area contributed by atoms with Crippen LogP contribution in [0, 0.1) is 6.92 Å². The molecule has 1 aliphatic heterocycles. The molecule has 7 nitrogen and oxygen atoms in total. The summed E-state index contributed by atoms with van der Waals surface area (Å²) in [5, 5.41) is 7.98.